The zero-order chi connectivity index (χ0) is 10.6. The summed E-state index contributed by atoms with van der Waals surface area (Å²) in [5.74, 6) is 0.410. The third kappa shape index (κ3) is 3.10. The standard InChI is InChI=1S/C10H15IN2S/c1-2-8(9(14)5-12)7-3-4-10(11)13-6-7/h3-4,6,8-9,14H,2,5,12H2,1H3. The van der Waals surface area contributed by atoms with E-state index in [0.29, 0.717) is 12.5 Å². The predicted octanol–water partition coefficient (Wildman–Crippen LogP) is 2.44. The second kappa shape index (κ2) is 5.92. The summed E-state index contributed by atoms with van der Waals surface area (Å²) in [4.78, 5) is 4.28. The van der Waals surface area contributed by atoms with Crippen molar-refractivity contribution < 1.29 is 0 Å². The molecule has 2 nitrogen and oxygen atoms in total. The molecule has 0 spiro atoms. The van der Waals surface area contributed by atoms with Gasteiger partial charge in [0.1, 0.15) is 3.70 Å². The number of hydrogen-bond acceptors (Lipinski definition) is 3. The smallest absolute Gasteiger partial charge is 0.101 e. The van der Waals surface area contributed by atoms with Crippen molar-refractivity contribution in [3.8, 4) is 0 Å². The number of aromatic nitrogens is 1. The second-order valence-corrected chi connectivity index (χ2v) is 5.00. The lowest BCUT2D eigenvalue weighted by Gasteiger charge is -2.20. The molecule has 0 radical (unpaired) electrons. The number of thiol groups is 1. The van der Waals surface area contributed by atoms with Crippen molar-refractivity contribution in [3.63, 3.8) is 0 Å². The summed E-state index contributed by atoms with van der Waals surface area (Å²) in [6, 6.07) is 4.14. The molecule has 2 atom stereocenters. The van der Waals surface area contributed by atoms with E-state index < -0.39 is 0 Å². The van der Waals surface area contributed by atoms with Gasteiger partial charge in [-0.05, 0) is 46.6 Å². The molecule has 4 heteroatoms. The molecular weight excluding hydrogens is 307 g/mol. The molecule has 1 heterocycles. The van der Waals surface area contributed by atoms with Gasteiger partial charge in [-0.15, -0.1) is 0 Å². The highest BCUT2D eigenvalue weighted by Gasteiger charge is 2.16. The minimum atomic E-state index is 0.224. The van der Waals surface area contributed by atoms with Crippen LogP contribution >= 0.6 is 35.2 Å². The Balaban J connectivity index is 2.84. The van der Waals surface area contributed by atoms with Crippen molar-refractivity contribution in [2.45, 2.75) is 24.5 Å². The highest BCUT2D eigenvalue weighted by Crippen LogP contribution is 2.25. The third-order valence-electron chi connectivity index (χ3n) is 2.32. The van der Waals surface area contributed by atoms with Gasteiger partial charge in [-0.2, -0.15) is 12.6 Å². The topological polar surface area (TPSA) is 38.9 Å². The van der Waals surface area contributed by atoms with Crippen molar-refractivity contribution in [1.82, 2.24) is 4.98 Å². The van der Waals surface area contributed by atoms with E-state index in [4.69, 9.17) is 5.73 Å². The van der Waals surface area contributed by atoms with E-state index in [-0.39, 0.29) is 5.25 Å². The van der Waals surface area contributed by atoms with Crippen molar-refractivity contribution in [1.29, 1.82) is 0 Å². The van der Waals surface area contributed by atoms with Crippen LogP contribution in [0.3, 0.4) is 0 Å². The van der Waals surface area contributed by atoms with Crippen molar-refractivity contribution in [2.75, 3.05) is 6.54 Å². The Hall–Kier alpha value is 0.190. The Kier molecular flexibility index (Phi) is 5.19. The molecule has 0 aliphatic carbocycles. The van der Waals surface area contributed by atoms with Crippen molar-refractivity contribution in [3.05, 3.63) is 27.6 Å². The van der Waals surface area contributed by atoms with Crippen molar-refractivity contribution in [2.24, 2.45) is 5.73 Å². The molecule has 0 saturated carbocycles. The monoisotopic (exact) mass is 322 g/mol. The Bertz CT molecular complexity index is 276. The van der Waals surface area contributed by atoms with Crippen LogP contribution < -0.4 is 5.73 Å². The average molecular weight is 322 g/mol. The van der Waals surface area contributed by atoms with E-state index >= 15 is 0 Å². The van der Waals surface area contributed by atoms with Crippen LogP contribution in [0, 0.1) is 3.70 Å². The fourth-order valence-corrected chi connectivity index (χ4v) is 2.20. The molecule has 2 N–H and O–H groups in total. The number of pyridine rings is 1. The number of nitrogens with two attached hydrogens (primary N) is 1. The number of halogens is 1. The lowest BCUT2D eigenvalue weighted by atomic mass is 9.94. The minimum Gasteiger partial charge on any atom is -0.329 e. The van der Waals surface area contributed by atoms with Crippen LogP contribution in [0.4, 0.5) is 0 Å². The molecule has 2 unspecified atom stereocenters. The Morgan fingerprint density at radius 1 is 1.57 bits per heavy atom. The van der Waals surface area contributed by atoms with Gasteiger partial charge < -0.3 is 5.73 Å². The molecular formula is C10H15IN2S. The zero-order valence-electron chi connectivity index (χ0n) is 8.15. The van der Waals surface area contributed by atoms with E-state index in [1.54, 1.807) is 0 Å². The van der Waals surface area contributed by atoms with Gasteiger partial charge >= 0.3 is 0 Å². The first-order valence-corrected chi connectivity index (χ1v) is 6.28. The van der Waals surface area contributed by atoms with Gasteiger partial charge in [0.2, 0.25) is 0 Å². The molecule has 0 bridgehead atoms. The van der Waals surface area contributed by atoms with Crippen LogP contribution in [-0.2, 0) is 0 Å². The van der Waals surface area contributed by atoms with Gasteiger partial charge in [0.05, 0.1) is 0 Å². The molecule has 0 aliphatic rings. The molecule has 78 valence electrons. The van der Waals surface area contributed by atoms with Crippen LogP contribution in [0.25, 0.3) is 0 Å². The molecule has 0 amide bonds. The summed E-state index contributed by atoms with van der Waals surface area (Å²) in [5.41, 5.74) is 6.85. The molecule has 0 fully saturated rings. The highest BCUT2D eigenvalue weighted by atomic mass is 127. The van der Waals surface area contributed by atoms with Gasteiger partial charge in [-0.1, -0.05) is 13.0 Å². The van der Waals surface area contributed by atoms with E-state index in [1.807, 2.05) is 12.3 Å². The molecule has 0 aliphatic heterocycles. The quantitative estimate of drug-likeness (QED) is 0.508. The summed E-state index contributed by atoms with van der Waals surface area (Å²) < 4.78 is 1.02. The first-order chi connectivity index (χ1) is 6.69. The number of hydrogen-bond donors (Lipinski definition) is 2. The lowest BCUT2D eigenvalue weighted by molar-refractivity contribution is 0.630. The second-order valence-electron chi connectivity index (χ2n) is 3.23. The van der Waals surface area contributed by atoms with E-state index in [9.17, 15) is 0 Å². The van der Waals surface area contributed by atoms with E-state index in [0.717, 1.165) is 10.1 Å². The maximum Gasteiger partial charge on any atom is 0.101 e. The molecule has 1 rings (SSSR count). The van der Waals surface area contributed by atoms with Crippen LogP contribution in [0.15, 0.2) is 18.3 Å². The first-order valence-electron chi connectivity index (χ1n) is 4.68. The van der Waals surface area contributed by atoms with Gasteiger partial charge in [0, 0.05) is 18.0 Å². The first kappa shape index (κ1) is 12.3. The normalized spacial score (nSPS) is 15.1. The molecule has 14 heavy (non-hydrogen) atoms. The van der Waals surface area contributed by atoms with E-state index in [2.05, 4.69) is 53.2 Å². The van der Waals surface area contributed by atoms with E-state index in [1.165, 1.54) is 5.56 Å². The minimum absolute atomic E-state index is 0.224. The summed E-state index contributed by atoms with van der Waals surface area (Å²) in [6.45, 7) is 2.76. The average Bonchev–Trinajstić information content (AvgIpc) is 2.21. The lowest BCUT2D eigenvalue weighted by Crippen LogP contribution is -2.22. The van der Waals surface area contributed by atoms with Gasteiger partial charge in [-0.25, -0.2) is 0 Å². The number of nitrogens with zero attached hydrogens (tertiary/aromatic N) is 1. The fourth-order valence-electron chi connectivity index (χ4n) is 1.50. The Morgan fingerprint density at radius 3 is 2.71 bits per heavy atom. The van der Waals surface area contributed by atoms with Crippen LogP contribution in [0.1, 0.15) is 24.8 Å². The summed E-state index contributed by atoms with van der Waals surface area (Å²) >= 11 is 6.69. The molecule has 0 aromatic carbocycles. The Labute approximate surface area is 104 Å². The van der Waals surface area contributed by atoms with Crippen LogP contribution in [0.2, 0.25) is 0 Å². The zero-order valence-corrected chi connectivity index (χ0v) is 11.2. The molecule has 0 saturated heterocycles. The molecule has 1 aromatic heterocycles. The third-order valence-corrected chi connectivity index (χ3v) is 3.53. The van der Waals surface area contributed by atoms with Crippen LogP contribution in [0.5, 0.6) is 0 Å². The summed E-state index contributed by atoms with van der Waals surface area (Å²) in [7, 11) is 0. The predicted molar refractivity (Wildman–Crippen MR) is 71.8 cm³/mol. The fraction of sp³-hybridized carbons (Fsp3) is 0.500. The van der Waals surface area contributed by atoms with Crippen molar-refractivity contribution >= 4 is 35.2 Å². The summed E-state index contributed by atoms with van der Waals surface area (Å²) in [6.07, 6.45) is 2.97. The van der Waals surface area contributed by atoms with Gasteiger partial charge in [0.15, 0.2) is 0 Å². The SMILES string of the molecule is CCC(c1ccc(I)nc1)C(S)CN. The number of rotatable bonds is 4. The maximum atomic E-state index is 5.62. The Morgan fingerprint density at radius 2 is 2.29 bits per heavy atom. The van der Waals surface area contributed by atoms with Gasteiger partial charge in [0.25, 0.3) is 0 Å². The van der Waals surface area contributed by atoms with Gasteiger partial charge in [-0.3, -0.25) is 4.98 Å². The summed E-state index contributed by atoms with van der Waals surface area (Å²) in [5, 5.41) is 0.224. The maximum absolute atomic E-state index is 5.62. The molecule has 1 aromatic rings. The van der Waals surface area contributed by atoms with Crippen LogP contribution in [-0.4, -0.2) is 16.8 Å². The highest BCUT2D eigenvalue weighted by molar-refractivity contribution is 14.1. The largest absolute Gasteiger partial charge is 0.329 e.